The quantitative estimate of drug-likeness (QED) is 0.0270. The molecule has 0 aliphatic carbocycles. The minimum absolute atomic E-state index is 0.0298. The van der Waals surface area contributed by atoms with Gasteiger partial charge in [-0.2, -0.15) is 0 Å². The van der Waals surface area contributed by atoms with Crippen LogP contribution in [0.2, 0.25) is 0 Å². The van der Waals surface area contributed by atoms with Crippen molar-refractivity contribution in [3.63, 3.8) is 0 Å². The Kier molecular flexibility index (Phi) is 40.2. The largest absolute Gasteiger partial charge is 0.472 e. The first kappa shape index (κ1) is 53.5. The van der Waals surface area contributed by atoms with Gasteiger partial charge >= 0.3 is 19.8 Å². The minimum Gasteiger partial charge on any atom is -0.462 e. The summed E-state index contributed by atoms with van der Waals surface area (Å²) in [6.07, 6.45) is 49.5. The number of phosphoric acid groups is 1. The monoisotopic (exact) mass is 806 g/mol. The summed E-state index contributed by atoms with van der Waals surface area (Å²) in [5, 5.41) is 2.82. The molecule has 0 bridgehead atoms. The van der Waals surface area contributed by atoms with Crippen molar-refractivity contribution in [2.24, 2.45) is 0 Å². The number of hydrogen-bond acceptors (Lipinski definition) is 8. The van der Waals surface area contributed by atoms with Gasteiger partial charge in [0.2, 0.25) is 0 Å². The lowest BCUT2D eigenvalue weighted by molar-refractivity contribution is -0.161. The van der Waals surface area contributed by atoms with Gasteiger partial charge < -0.3 is 19.7 Å². The standard InChI is InChI=1S/C46H80NO8P/c1-4-6-8-10-12-14-16-18-20-22-24-26-28-30-32-34-36-38-45(48)52-42-44(43-54-56(50,51)53-41-40-47-3)55-46(49)39-37-35-33-31-29-27-25-23-21-19-17-15-13-11-9-7-5-2/h6,8,12,14,18-21,24,26,30,32,44,47H,4-5,7,9-11,13,15-17,22-23,25,27-29,31,33-43H2,1-3H3,(H,50,51)/b8-6-,14-12-,20-18-,21-19-,26-24-,32-30-. The second-order valence-electron chi connectivity index (χ2n) is 14.1. The number of esters is 2. The van der Waals surface area contributed by atoms with Crippen LogP contribution in [0.1, 0.15) is 168 Å². The highest BCUT2D eigenvalue weighted by Crippen LogP contribution is 2.43. The van der Waals surface area contributed by atoms with Crippen LogP contribution in [-0.4, -0.2) is 56.3 Å². The molecule has 0 saturated heterocycles. The van der Waals surface area contributed by atoms with Crippen LogP contribution in [-0.2, 0) is 32.7 Å². The van der Waals surface area contributed by atoms with E-state index in [2.05, 4.69) is 86.0 Å². The number of allylic oxidation sites excluding steroid dienone is 12. The zero-order chi connectivity index (χ0) is 41.1. The predicted molar refractivity (Wildman–Crippen MR) is 233 cm³/mol. The van der Waals surface area contributed by atoms with Crippen molar-refractivity contribution >= 4 is 19.8 Å². The van der Waals surface area contributed by atoms with Gasteiger partial charge in [-0.05, 0) is 84.1 Å². The summed E-state index contributed by atoms with van der Waals surface area (Å²) in [5.74, 6) is -0.885. The third-order valence-corrected chi connectivity index (χ3v) is 9.79. The molecule has 2 atom stereocenters. The number of rotatable bonds is 40. The average molecular weight is 806 g/mol. The SMILES string of the molecule is CC/C=C\C/C=C\C/C=C\C/C=C\C/C=C\CCCC(=O)OCC(COP(=O)(O)OCCNC)OC(=O)CCCCCCCCC/C=C\CCCCCCCC. The smallest absolute Gasteiger partial charge is 0.462 e. The molecule has 2 N–H and O–H groups in total. The minimum atomic E-state index is -4.37. The molecule has 0 radical (unpaired) electrons. The molecule has 10 heteroatoms. The van der Waals surface area contributed by atoms with Gasteiger partial charge in [-0.15, -0.1) is 0 Å². The van der Waals surface area contributed by atoms with Gasteiger partial charge in [0.1, 0.15) is 6.61 Å². The lowest BCUT2D eigenvalue weighted by atomic mass is 10.1. The number of likely N-dealkylation sites (N-methyl/N-ethyl adjacent to an activating group) is 1. The molecule has 0 aromatic heterocycles. The molecule has 0 heterocycles. The molecular formula is C46H80NO8P. The van der Waals surface area contributed by atoms with Crippen molar-refractivity contribution in [1.82, 2.24) is 5.32 Å². The van der Waals surface area contributed by atoms with E-state index in [1.165, 1.54) is 64.2 Å². The van der Waals surface area contributed by atoms with Gasteiger partial charge in [0.25, 0.3) is 0 Å². The Morgan fingerprint density at radius 2 is 1.04 bits per heavy atom. The van der Waals surface area contributed by atoms with Crippen molar-refractivity contribution in [3.8, 4) is 0 Å². The number of carbonyl (C=O) groups is 2. The summed E-state index contributed by atoms with van der Waals surface area (Å²) in [6.45, 7) is 4.03. The van der Waals surface area contributed by atoms with Crippen LogP contribution < -0.4 is 5.32 Å². The summed E-state index contributed by atoms with van der Waals surface area (Å²) < 4.78 is 33.1. The summed E-state index contributed by atoms with van der Waals surface area (Å²) in [5.41, 5.74) is 0. The number of carbonyl (C=O) groups excluding carboxylic acids is 2. The Morgan fingerprint density at radius 3 is 1.59 bits per heavy atom. The summed E-state index contributed by atoms with van der Waals surface area (Å²) in [6, 6.07) is 0. The lowest BCUT2D eigenvalue weighted by Gasteiger charge is -2.20. The third-order valence-electron chi connectivity index (χ3n) is 8.81. The normalized spacial score (nSPS) is 14.0. The van der Waals surface area contributed by atoms with Gasteiger partial charge in [0, 0.05) is 19.4 Å². The highest BCUT2D eigenvalue weighted by atomic mass is 31.2. The molecule has 0 amide bonds. The van der Waals surface area contributed by atoms with Gasteiger partial charge in [0.05, 0.1) is 13.2 Å². The molecule has 2 unspecified atom stereocenters. The molecule has 0 aromatic carbocycles. The highest BCUT2D eigenvalue weighted by Gasteiger charge is 2.26. The van der Waals surface area contributed by atoms with E-state index in [0.717, 1.165) is 64.2 Å². The Hall–Kier alpha value is -2.55. The second-order valence-corrected chi connectivity index (χ2v) is 15.6. The van der Waals surface area contributed by atoms with Gasteiger partial charge in [-0.25, -0.2) is 4.57 Å². The van der Waals surface area contributed by atoms with E-state index < -0.39 is 32.5 Å². The van der Waals surface area contributed by atoms with Gasteiger partial charge in [-0.1, -0.05) is 151 Å². The number of unbranched alkanes of at least 4 members (excludes halogenated alkanes) is 14. The predicted octanol–water partition coefficient (Wildman–Crippen LogP) is 12.5. The van der Waals surface area contributed by atoms with Gasteiger partial charge in [0.15, 0.2) is 6.10 Å². The van der Waals surface area contributed by atoms with Crippen LogP contribution in [0.4, 0.5) is 0 Å². The summed E-state index contributed by atoms with van der Waals surface area (Å²) in [7, 11) is -2.67. The van der Waals surface area contributed by atoms with Crippen LogP contribution in [0, 0.1) is 0 Å². The first-order valence-electron chi connectivity index (χ1n) is 21.9. The fraction of sp³-hybridized carbons (Fsp3) is 0.696. The first-order chi connectivity index (χ1) is 27.3. The molecule has 9 nitrogen and oxygen atoms in total. The number of ether oxygens (including phenoxy) is 2. The van der Waals surface area contributed by atoms with E-state index in [1.807, 2.05) is 6.08 Å². The van der Waals surface area contributed by atoms with Crippen LogP contribution in [0.3, 0.4) is 0 Å². The zero-order valence-electron chi connectivity index (χ0n) is 35.6. The maximum absolute atomic E-state index is 12.6. The van der Waals surface area contributed by atoms with Crippen LogP contribution in [0.5, 0.6) is 0 Å². The van der Waals surface area contributed by atoms with Gasteiger partial charge in [-0.3, -0.25) is 18.6 Å². The van der Waals surface area contributed by atoms with Crippen molar-refractivity contribution in [2.75, 3.05) is 33.4 Å². The van der Waals surface area contributed by atoms with Crippen molar-refractivity contribution in [2.45, 2.75) is 174 Å². The molecule has 322 valence electrons. The summed E-state index contributed by atoms with van der Waals surface area (Å²) in [4.78, 5) is 35.0. The lowest BCUT2D eigenvalue weighted by Crippen LogP contribution is -2.29. The molecular weight excluding hydrogens is 725 g/mol. The molecule has 0 aromatic rings. The number of hydrogen-bond donors (Lipinski definition) is 2. The fourth-order valence-corrected chi connectivity index (χ4v) is 6.27. The Labute approximate surface area is 342 Å². The number of phosphoric ester groups is 1. The molecule has 56 heavy (non-hydrogen) atoms. The van der Waals surface area contributed by atoms with Crippen LogP contribution in [0.15, 0.2) is 72.9 Å². The Bertz CT molecular complexity index is 1150. The van der Waals surface area contributed by atoms with E-state index in [4.69, 9.17) is 18.5 Å². The third kappa shape index (κ3) is 41.1. The molecule has 0 rings (SSSR count). The maximum Gasteiger partial charge on any atom is 0.472 e. The first-order valence-corrected chi connectivity index (χ1v) is 23.4. The topological polar surface area (TPSA) is 120 Å². The van der Waals surface area contributed by atoms with E-state index in [9.17, 15) is 19.0 Å². The van der Waals surface area contributed by atoms with Crippen molar-refractivity contribution < 1.29 is 37.6 Å². The molecule has 0 fully saturated rings. The molecule has 0 aliphatic rings. The fourth-order valence-electron chi connectivity index (χ4n) is 5.52. The van der Waals surface area contributed by atoms with E-state index in [0.29, 0.717) is 19.4 Å². The Morgan fingerprint density at radius 1 is 0.571 bits per heavy atom. The highest BCUT2D eigenvalue weighted by molar-refractivity contribution is 7.47. The zero-order valence-corrected chi connectivity index (χ0v) is 36.5. The van der Waals surface area contributed by atoms with Crippen molar-refractivity contribution in [1.29, 1.82) is 0 Å². The second kappa shape index (κ2) is 42.1. The number of nitrogens with one attached hydrogen (secondary N) is 1. The van der Waals surface area contributed by atoms with E-state index in [-0.39, 0.29) is 26.1 Å². The van der Waals surface area contributed by atoms with E-state index in [1.54, 1.807) is 7.05 Å². The molecule has 0 aliphatic heterocycles. The molecule has 0 spiro atoms. The average Bonchev–Trinajstić information content (AvgIpc) is 3.18. The van der Waals surface area contributed by atoms with Crippen molar-refractivity contribution in [3.05, 3.63) is 72.9 Å². The van der Waals surface area contributed by atoms with E-state index >= 15 is 0 Å². The summed E-state index contributed by atoms with van der Waals surface area (Å²) >= 11 is 0. The maximum atomic E-state index is 12.6. The van der Waals surface area contributed by atoms with Crippen LogP contribution in [0.25, 0.3) is 0 Å². The van der Waals surface area contributed by atoms with Crippen LogP contribution >= 0.6 is 7.82 Å². The molecule has 0 saturated carbocycles. The Balaban J connectivity index is 4.33.